The normalized spacial score (nSPS) is 11.4. The van der Waals surface area contributed by atoms with Crippen molar-refractivity contribution in [1.82, 2.24) is 5.32 Å². The van der Waals surface area contributed by atoms with Gasteiger partial charge in [-0.15, -0.1) is 0 Å². The van der Waals surface area contributed by atoms with E-state index in [0.29, 0.717) is 11.3 Å². The summed E-state index contributed by atoms with van der Waals surface area (Å²) in [4.78, 5) is 33.2. The average Bonchev–Trinajstić information content (AvgIpc) is 2.40. The van der Waals surface area contributed by atoms with Crippen LogP contribution in [0.1, 0.15) is 18.9 Å². The van der Waals surface area contributed by atoms with Gasteiger partial charge in [-0.2, -0.15) is 0 Å². The van der Waals surface area contributed by atoms with Crippen molar-refractivity contribution >= 4 is 23.4 Å². The number of carbonyl (C=O) groups excluding carboxylic acids is 2. The van der Waals surface area contributed by atoms with Gasteiger partial charge in [0, 0.05) is 12.1 Å². The van der Waals surface area contributed by atoms with Gasteiger partial charge in [-0.25, -0.2) is 4.79 Å². The molecule has 0 aliphatic heterocycles. The molecule has 8 heteroatoms. The average molecular weight is 295 g/mol. The van der Waals surface area contributed by atoms with Crippen molar-refractivity contribution in [2.75, 3.05) is 12.4 Å². The summed E-state index contributed by atoms with van der Waals surface area (Å²) in [7, 11) is 1.27. The summed E-state index contributed by atoms with van der Waals surface area (Å²) in [6.07, 6.45) is 0.0395. The van der Waals surface area contributed by atoms with Gasteiger partial charge in [0.1, 0.15) is 0 Å². The zero-order valence-corrected chi connectivity index (χ0v) is 12.0. The van der Waals surface area contributed by atoms with Crippen LogP contribution in [0.5, 0.6) is 0 Å². The number of esters is 1. The van der Waals surface area contributed by atoms with Crippen LogP contribution in [0.4, 0.5) is 16.2 Å². The Balaban J connectivity index is 2.69. The van der Waals surface area contributed by atoms with Crippen LogP contribution in [0.2, 0.25) is 0 Å². The van der Waals surface area contributed by atoms with E-state index in [1.807, 2.05) is 0 Å². The summed E-state index contributed by atoms with van der Waals surface area (Å²) >= 11 is 0. The van der Waals surface area contributed by atoms with Crippen molar-refractivity contribution in [3.8, 4) is 0 Å². The first-order valence-electron chi connectivity index (χ1n) is 6.23. The molecular formula is C13H17N3O5. The Morgan fingerprint density at radius 3 is 2.67 bits per heavy atom. The molecule has 1 aromatic carbocycles. The fourth-order valence-corrected chi connectivity index (χ4v) is 1.72. The molecule has 0 aliphatic rings. The molecule has 0 radical (unpaired) electrons. The largest absolute Gasteiger partial charge is 0.469 e. The zero-order chi connectivity index (χ0) is 16.0. The molecule has 1 unspecified atom stereocenters. The quantitative estimate of drug-likeness (QED) is 0.490. The number of nitro benzene ring substituents is 1. The van der Waals surface area contributed by atoms with Crippen LogP contribution in [0.25, 0.3) is 0 Å². The van der Waals surface area contributed by atoms with Crippen molar-refractivity contribution in [1.29, 1.82) is 0 Å². The maximum absolute atomic E-state index is 11.8. The Morgan fingerprint density at radius 1 is 1.43 bits per heavy atom. The van der Waals surface area contributed by atoms with Gasteiger partial charge in [0.2, 0.25) is 0 Å². The lowest BCUT2D eigenvalue weighted by atomic mass is 10.1. The second-order valence-corrected chi connectivity index (χ2v) is 4.49. The highest BCUT2D eigenvalue weighted by atomic mass is 16.6. The zero-order valence-electron chi connectivity index (χ0n) is 12.0. The minimum Gasteiger partial charge on any atom is -0.469 e. The Morgan fingerprint density at radius 2 is 2.10 bits per heavy atom. The summed E-state index contributed by atoms with van der Waals surface area (Å²) in [5.41, 5.74) is 0.626. The minimum absolute atomic E-state index is 0.0395. The standard InChI is InChI=1S/C13H17N3O5/c1-8(7-12(17)21-3)14-13(18)15-10-5-4-6-11(9(10)2)16(19)20/h4-6,8H,7H2,1-3H3,(H2,14,15,18). The van der Waals surface area contributed by atoms with Crippen LogP contribution in [0.3, 0.4) is 0 Å². The number of nitrogens with zero attached hydrogens (tertiary/aromatic N) is 1. The van der Waals surface area contributed by atoms with E-state index in [4.69, 9.17) is 0 Å². The monoisotopic (exact) mass is 295 g/mol. The number of carbonyl (C=O) groups is 2. The molecule has 2 N–H and O–H groups in total. The van der Waals surface area contributed by atoms with Gasteiger partial charge in [0.25, 0.3) is 5.69 Å². The number of ether oxygens (including phenoxy) is 1. The third-order valence-corrected chi connectivity index (χ3v) is 2.83. The molecule has 1 aromatic rings. The maximum Gasteiger partial charge on any atom is 0.319 e. The summed E-state index contributed by atoms with van der Waals surface area (Å²) in [5.74, 6) is -0.436. The van der Waals surface area contributed by atoms with Crippen LogP contribution in [0.15, 0.2) is 18.2 Å². The van der Waals surface area contributed by atoms with Crippen molar-refractivity contribution in [2.45, 2.75) is 26.3 Å². The molecule has 0 bridgehead atoms. The van der Waals surface area contributed by atoms with E-state index in [2.05, 4.69) is 15.4 Å². The summed E-state index contributed by atoms with van der Waals surface area (Å²) in [6, 6.07) is 3.44. The SMILES string of the molecule is COC(=O)CC(C)NC(=O)Nc1cccc([N+](=O)[O-])c1C. The lowest BCUT2D eigenvalue weighted by Gasteiger charge is -2.14. The van der Waals surface area contributed by atoms with E-state index in [9.17, 15) is 19.7 Å². The minimum atomic E-state index is -0.546. The molecular weight excluding hydrogens is 278 g/mol. The fourth-order valence-electron chi connectivity index (χ4n) is 1.72. The second-order valence-electron chi connectivity index (χ2n) is 4.49. The van der Waals surface area contributed by atoms with E-state index in [0.717, 1.165) is 0 Å². The van der Waals surface area contributed by atoms with E-state index in [1.165, 1.54) is 19.2 Å². The first-order valence-corrected chi connectivity index (χ1v) is 6.23. The highest BCUT2D eigenvalue weighted by molar-refractivity contribution is 5.91. The predicted octanol–water partition coefficient (Wildman–Crippen LogP) is 1.98. The molecule has 0 fully saturated rings. The van der Waals surface area contributed by atoms with Gasteiger partial charge in [-0.1, -0.05) is 6.07 Å². The first kappa shape index (κ1) is 16.4. The highest BCUT2D eigenvalue weighted by Crippen LogP contribution is 2.24. The lowest BCUT2D eigenvalue weighted by Crippen LogP contribution is -2.37. The number of nitro groups is 1. The summed E-state index contributed by atoms with van der Waals surface area (Å²) in [5, 5.41) is 15.9. The number of anilines is 1. The fraction of sp³-hybridized carbons (Fsp3) is 0.385. The van der Waals surface area contributed by atoms with Crippen molar-refractivity contribution in [3.63, 3.8) is 0 Å². The molecule has 114 valence electrons. The van der Waals surface area contributed by atoms with Gasteiger partial charge in [-0.3, -0.25) is 14.9 Å². The van der Waals surface area contributed by atoms with Gasteiger partial charge < -0.3 is 15.4 Å². The van der Waals surface area contributed by atoms with Crippen LogP contribution >= 0.6 is 0 Å². The Hall–Kier alpha value is -2.64. The molecule has 1 atom stereocenters. The molecule has 0 saturated heterocycles. The third kappa shape index (κ3) is 4.75. The predicted molar refractivity (Wildman–Crippen MR) is 76.1 cm³/mol. The number of amides is 2. The molecule has 0 saturated carbocycles. The molecule has 21 heavy (non-hydrogen) atoms. The van der Waals surface area contributed by atoms with E-state index in [-0.39, 0.29) is 12.1 Å². The topological polar surface area (TPSA) is 111 Å². The Kier molecular flexibility index (Phi) is 5.65. The second kappa shape index (κ2) is 7.22. The first-order chi connectivity index (χ1) is 9.85. The molecule has 0 heterocycles. The van der Waals surface area contributed by atoms with Gasteiger partial charge >= 0.3 is 12.0 Å². The Labute approximate surface area is 121 Å². The highest BCUT2D eigenvalue weighted by Gasteiger charge is 2.16. The van der Waals surface area contributed by atoms with Crippen LogP contribution < -0.4 is 10.6 Å². The molecule has 0 aromatic heterocycles. The molecule has 8 nitrogen and oxygen atoms in total. The van der Waals surface area contributed by atoms with Crippen molar-refractivity contribution in [3.05, 3.63) is 33.9 Å². The van der Waals surface area contributed by atoms with Crippen LogP contribution in [-0.4, -0.2) is 30.1 Å². The van der Waals surface area contributed by atoms with Crippen LogP contribution in [0, 0.1) is 17.0 Å². The molecule has 2 amide bonds. The number of benzene rings is 1. The number of rotatable bonds is 5. The number of hydrogen-bond acceptors (Lipinski definition) is 5. The van der Waals surface area contributed by atoms with Gasteiger partial charge in [0.15, 0.2) is 0 Å². The van der Waals surface area contributed by atoms with Crippen molar-refractivity contribution < 1.29 is 19.2 Å². The van der Waals surface area contributed by atoms with Crippen LogP contribution in [-0.2, 0) is 9.53 Å². The molecule has 0 spiro atoms. The third-order valence-electron chi connectivity index (χ3n) is 2.83. The summed E-state index contributed by atoms with van der Waals surface area (Å²) in [6.45, 7) is 3.20. The number of hydrogen-bond donors (Lipinski definition) is 2. The maximum atomic E-state index is 11.8. The van der Waals surface area contributed by atoms with Gasteiger partial charge in [-0.05, 0) is 19.9 Å². The number of nitrogens with one attached hydrogen (secondary N) is 2. The van der Waals surface area contributed by atoms with E-state index < -0.39 is 23.0 Å². The van der Waals surface area contributed by atoms with E-state index in [1.54, 1.807) is 19.9 Å². The van der Waals surface area contributed by atoms with Gasteiger partial charge in [0.05, 0.1) is 29.7 Å². The molecule has 0 aliphatic carbocycles. The smallest absolute Gasteiger partial charge is 0.319 e. The molecule has 1 rings (SSSR count). The summed E-state index contributed by atoms with van der Waals surface area (Å²) < 4.78 is 4.50. The lowest BCUT2D eigenvalue weighted by molar-refractivity contribution is -0.385. The number of methoxy groups -OCH3 is 1. The van der Waals surface area contributed by atoms with E-state index >= 15 is 0 Å². The van der Waals surface area contributed by atoms with Crippen molar-refractivity contribution in [2.24, 2.45) is 0 Å². The Bertz CT molecular complexity index is 559. The number of urea groups is 1.